The Hall–Kier alpha value is -3.82. The number of halogens is 3. The maximum Gasteiger partial charge on any atom is 0.446 e. The molecule has 0 aliphatic carbocycles. The van der Waals surface area contributed by atoms with Crippen LogP contribution in [0.2, 0.25) is 0 Å². The van der Waals surface area contributed by atoms with Crippen molar-refractivity contribution in [2.45, 2.75) is 31.2 Å². The molecule has 0 radical (unpaired) electrons. The van der Waals surface area contributed by atoms with Crippen molar-refractivity contribution in [1.82, 2.24) is 15.2 Å². The highest BCUT2D eigenvalue weighted by molar-refractivity contribution is 7.59. The number of H-pyrrole nitrogens is 1. The molecule has 1 aromatic heterocycles. The molecule has 3 aromatic rings. The number of ether oxygens (including phenoxy) is 1. The van der Waals surface area contributed by atoms with E-state index < -0.39 is 42.9 Å². The number of carbonyl (C=O) groups is 3. The van der Waals surface area contributed by atoms with Crippen molar-refractivity contribution in [3.8, 4) is 5.75 Å². The molecule has 218 valence electrons. The van der Waals surface area contributed by atoms with E-state index in [0.29, 0.717) is 48.5 Å². The second-order valence-corrected chi connectivity index (χ2v) is 8.76. The summed E-state index contributed by atoms with van der Waals surface area (Å²) in [6.07, 6.45) is -5.33. The van der Waals surface area contributed by atoms with Crippen molar-refractivity contribution in [2.24, 2.45) is 0 Å². The van der Waals surface area contributed by atoms with E-state index in [2.05, 4.69) is 15.2 Å². The number of hydrogen-bond acceptors (Lipinski definition) is 8. The summed E-state index contributed by atoms with van der Waals surface area (Å²) >= 11 is 0. The number of carboxylic acid groups (broad SMARTS) is 1. The number of hydrogen-bond donors (Lipinski definition) is 4. The fourth-order valence-corrected chi connectivity index (χ4v) is 3.98. The monoisotopic (exact) mass is 587 g/mol. The number of aliphatic carboxylic acids is 1. The summed E-state index contributed by atoms with van der Waals surface area (Å²) in [5, 5.41) is 21.8. The van der Waals surface area contributed by atoms with Gasteiger partial charge < -0.3 is 24.7 Å². The zero-order valence-corrected chi connectivity index (χ0v) is 21.9. The molecule has 1 aliphatic rings. The predicted molar refractivity (Wildman–Crippen MR) is 141 cm³/mol. The second kappa shape index (κ2) is 14.5. The summed E-state index contributed by atoms with van der Waals surface area (Å²) in [6.45, 7) is 1.26. The number of aromatic amines is 1. The average molecular weight is 588 g/mol. The average Bonchev–Trinajstić information content (AvgIpc) is 3.45. The number of carboxylic acids is 1. The number of aliphatic hydroxyl groups excluding tert-OH is 1. The van der Waals surface area contributed by atoms with E-state index in [4.69, 9.17) is 19.1 Å². The topological polar surface area (TPSA) is 162 Å². The lowest BCUT2D eigenvalue weighted by molar-refractivity contribution is -0.156. The Bertz CT molecular complexity index is 1360. The van der Waals surface area contributed by atoms with E-state index in [1.165, 1.54) is 0 Å². The van der Waals surface area contributed by atoms with E-state index in [0.717, 1.165) is 5.56 Å². The first-order chi connectivity index (χ1) is 18.4. The molecule has 1 aliphatic heterocycles. The standard InChI is InChI=1S/C23H25N3O7.C2HF3O.H2S/c27-16-6-7-26(11-16)12-19(15-2-1-3-17(10-15)32-13-22(29)30)24-21(28)9-14-4-5-20-18(8-14)25-23(31)33-20;3-2(4,5)1-6;/h1-5,8,10,16,19,27H,6-7,9,11-13H2,(H,24,28)(H,25,31)(H,29,30);1H;1H2/t16-,19?;;/m0../s1. The normalized spacial score (nSPS) is 15.8. The number of aldehydes is 1. The third-order valence-corrected chi connectivity index (χ3v) is 5.63. The van der Waals surface area contributed by atoms with Gasteiger partial charge in [0.1, 0.15) is 5.75 Å². The maximum atomic E-state index is 12.9. The Balaban J connectivity index is 0.000000723. The predicted octanol–water partition coefficient (Wildman–Crippen LogP) is 1.91. The van der Waals surface area contributed by atoms with Gasteiger partial charge in [-0.3, -0.25) is 19.5 Å². The minimum absolute atomic E-state index is 0. The highest BCUT2D eigenvalue weighted by atomic mass is 32.1. The van der Waals surface area contributed by atoms with E-state index in [-0.39, 0.29) is 25.8 Å². The molecular formula is C25H28F3N3O8S. The molecule has 4 rings (SSSR count). The Morgan fingerprint density at radius 2 is 1.98 bits per heavy atom. The lowest BCUT2D eigenvalue weighted by Gasteiger charge is -2.25. The van der Waals surface area contributed by atoms with E-state index >= 15 is 0 Å². The van der Waals surface area contributed by atoms with Gasteiger partial charge in [-0.1, -0.05) is 18.2 Å². The number of rotatable bonds is 9. The fraction of sp³-hybridized carbons (Fsp3) is 0.360. The molecule has 1 unspecified atom stereocenters. The smallest absolute Gasteiger partial charge is 0.446 e. The van der Waals surface area contributed by atoms with Crippen LogP contribution in [0.15, 0.2) is 51.7 Å². The number of oxazole rings is 1. The first-order valence-electron chi connectivity index (χ1n) is 11.7. The third kappa shape index (κ3) is 10.4. The molecule has 2 aromatic carbocycles. The number of aliphatic hydroxyl groups is 1. The number of benzene rings is 2. The molecule has 0 saturated carbocycles. The van der Waals surface area contributed by atoms with E-state index in [1.54, 1.807) is 36.4 Å². The fourth-order valence-electron chi connectivity index (χ4n) is 3.98. The molecule has 2 heterocycles. The summed E-state index contributed by atoms with van der Waals surface area (Å²) in [4.78, 5) is 48.4. The van der Waals surface area contributed by atoms with Crippen LogP contribution in [0.4, 0.5) is 13.2 Å². The number of likely N-dealkylation sites (tertiary alicyclic amines) is 1. The van der Waals surface area contributed by atoms with Crippen molar-refractivity contribution in [1.29, 1.82) is 0 Å². The van der Waals surface area contributed by atoms with Crippen molar-refractivity contribution >= 4 is 42.8 Å². The van der Waals surface area contributed by atoms with Gasteiger partial charge in [0.15, 0.2) is 12.2 Å². The third-order valence-electron chi connectivity index (χ3n) is 5.63. The number of amides is 1. The van der Waals surface area contributed by atoms with Gasteiger partial charge in [0.2, 0.25) is 12.2 Å². The number of nitrogens with zero attached hydrogens (tertiary/aromatic N) is 1. The Morgan fingerprint density at radius 1 is 1.25 bits per heavy atom. The zero-order chi connectivity index (χ0) is 28.6. The summed E-state index contributed by atoms with van der Waals surface area (Å²) in [7, 11) is 0. The molecule has 4 N–H and O–H groups in total. The van der Waals surface area contributed by atoms with Gasteiger partial charge in [-0.15, -0.1) is 0 Å². The Labute approximate surface area is 232 Å². The number of aromatic nitrogens is 1. The van der Waals surface area contributed by atoms with Crippen molar-refractivity contribution in [3.05, 3.63) is 64.1 Å². The van der Waals surface area contributed by atoms with Gasteiger partial charge in [-0.25, -0.2) is 9.59 Å². The quantitative estimate of drug-likeness (QED) is 0.274. The van der Waals surface area contributed by atoms with Crippen LogP contribution in [0.5, 0.6) is 5.75 Å². The minimum Gasteiger partial charge on any atom is -0.482 e. The lowest BCUT2D eigenvalue weighted by Crippen LogP contribution is -2.38. The zero-order valence-electron chi connectivity index (χ0n) is 20.9. The van der Waals surface area contributed by atoms with Gasteiger partial charge in [0, 0.05) is 19.6 Å². The molecule has 1 saturated heterocycles. The minimum atomic E-state index is -4.64. The van der Waals surface area contributed by atoms with Gasteiger partial charge >= 0.3 is 17.9 Å². The summed E-state index contributed by atoms with van der Waals surface area (Å²) < 4.78 is 41.5. The van der Waals surface area contributed by atoms with Crippen LogP contribution in [0.1, 0.15) is 23.6 Å². The first kappa shape index (κ1) is 32.4. The molecule has 2 atom stereocenters. The SMILES string of the molecule is O=C(O)COc1cccc(C(CN2CC[C@H](O)C2)NC(=O)Cc2ccc3oc(=O)[nH]c3c2)c1.O=CC(F)(F)F.S. The summed E-state index contributed by atoms with van der Waals surface area (Å²) in [5.41, 5.74) is 2.43. The molecule has 1 fully saturated rings. The van der Waals surface area contributed by atoms with Crippen LogP contribution in [0, 0.1) is 0 Å². The van der Waals surface area contributed by atoms with Crippen molar-refractivity contribution < 1.29 is 46.9 Å². The van der Waals surface area contributed by atoms with Crippen LogP contribution in [0.25, 0.3) is 11.1 Å². The first-order valence-corrected chi connectivity index (χ1v) is 11.7. The lowest BCUT2D eigenvalue weighted by atomic mass is 10.0. The van der Waals surface area contributed by atoms with Crippen LogP contribution in [0.3, 0.4) is 0 Å². The Morgan fingerprint density at radius 3 is 2.60 bits per heavy atom. The second-order valence-electron chi connectivity index (χ2n) is 8.76. The van der Waals surface area contributed by atoms with Crippen LogP contribution >= 0.6 is 13.5 Å². The van der Waals surface area contributed by atoms with E-state index in [1.807, 2.05) is 6.07 Å². The van der Waals surface area contributed by atoms with Gasteiger partial charge in [0.25, 0.3) is 0 Å². The molecule has 11 nitrogen and oxygen atoms in total. The van der Waals surface area contributed by atoms with Crippen molar-refractivity contribution in [2.75, 3.05) is 26.2 Å². The van der Waals surface area contributed by atoms with Gasteiger partial charge in [-0.05, 0) is 41.8 Å². The highest BCUT2D eigenvalue weighted by Crippen LogP contribution is 2.23. The number of carbonyl (C=O) groups excluding carboxylic acids is 2. The highest BCUT2D eigenvalue weighted by Gasteiger charge is 2.26. The van der Waals surface area contributed by atoms with Gasteiger partial charge in [-0.2, -0.15) is 26.7 Å². The number of alkyl halides is 3. The molecule has 1 amide bonds. The Kier molecular flexibility index (Phi) is 11.8. The van der Waals surface area contributed by atoms with Crippen molar-refractivity contribution in [3.63, 3.8) is 0 Å². The molecule has 15 heteroatoms. The molecular weight excluding hydrogens is 559 g/mol. The summed E-state index contributed by atoms with van der Waals surface area (Å²) in [6, 6.07) is 11.6. The number of β-amino-alcohol motifs (C(OH)–C–C–N with tert-alkyl or cyclic N) is 1. The molecule has 0 spiro atoms. The maximum absolute atomic E-state index is 12.9. The summed E-state index contributed by atoms with van der Waals surface area (Å²) in [5.74, 6) is -1.46. The van der Waals surface area contributed by atoms with Crippen LogP contribution < -0.4 is 15.8 Å². The van der Waals surface area contributed by atoms with Gasteiger partial charge in [0.05, 0.1) is 24.1 Å². The van der Waals surface area contributed by atoms with E-state index in [9.17, 15) is 32.7 Å². The molecule has 40 heavy (non-hydrogen) atoms. The largest absolute Gasteiger partial charge is 0.482 e. The number of nitrogens with one attached hydrogen (secondary N) is 2. The van der Waals surface area contributed by atoms with Crippen LogP contribution in [-0.4, -0.2) is 76.8 Å². The van der Waals surface area contributed by atoms with Crippen LogP contribution in [-0.2, 0) is 20.8 Å². The number of fused-ring (bicyclic) bond motifs is 1. The molecule has 0 bridgehead atoms.